The standard InChI is InChI=1S/C26H29NO4/c28-26(30-21-22-9-3-1-4-10-22)17-19-27-18-7-8-20-29-23-13-15-25(16-14-23)31-24-11-5-2-6-12-24/h1-6,9-16,27H,7-8,17-21H2. The van der Waals surface area contributed by atoms with E-state index in [0.29, 0.717) is 26.2 Å². The SMILES string of the molecule is O=C(CCNCCCCOc1ccc(Oc2ccccc2)cc1)OCc1ccccc1. The number of carbonyl (C=O) groups is 1. The Morgan fingerprint density at radius 1 is 0.710 bits per heavy atom. The molecular weight excluding hydrogens is 390 g/mol. The van der Waals surface area contributed by atoms with Gasteiger partial charge < -0.3 is 19.5 Å². The molecule has 3 rings (SSSR count). The molecule has 0 aliphatic heterocycles. The molecule has 0 aromatic heterocycles. The minimum absolute atomic E-state index is 0.181. The minimum Gasteiger partial charge on any atom is -0.494 e. The number of benzene rings is 3. The number of hydrogen-bond donors (Lipinski definition) is 1. The summed E-state index contributed by atoms with van der Waals surface area (Å²) < 4.78 is 16.8. The van der Waals surface area contributed by atoms with Gasteiger partial charge in [-0.25, -0.2) is 0 Å². The first-order valence-electron chi connectivity index (χ1n) is 10.7. The van der Waals surface area contributed by atoms with Crippen LogP contribution in [-0.2, 0) is 16.1 Å². The van der Waals surface area contributed by atoms with Crippen molar-refractivity contribution in [2.24, 2.45) is 0 Å². The molecule has 5 heteroatoms. The van der Waals surface area contributed by atoms with Gasteiger partial charge in [0.1, 0.15) is 23.9 Å². The van der Waals surface area contributed by atoms with E-state index in [0.717, 1.165) is 42.2 Å². The van der Waals surface area contributed by atoms with Crippen LogP contribution < -0.4 is 14.8 Å². The second-order valence-corrected chi connectivity index (χ2v) is 7.09. The number of para-hydroxylation sites is 1. The lowest BCUT2D eigenvalue weighted by Gasteiger charge is -2.09. The molecule has 0 radical (unpaired) electrons. The van der Waals surface area contributed by atoms with Crippen LogP contribution in [0.1, 0.15) is 24.8 Å². The van der Waals surface area contributed by atoms with Crippen molar-refractivity contribution in [1.29, 1.82) is 0 Å². The number of unbranched alkanes of at least 4 members (excludes halogenated alkanes) is 1. The molecule has 0 spiro atoms. The molecule has 0 heterocycles. The summed E-state index contributed by atoms with van der Waals surface area (Å²) in [6.07, 6.45) is 2.29. The Hall–Kier alpha value is -3.31. The number of hydrogen-bond acceptors (Lipinski definition) is 5. The molecular formula is C26H29NO4. The molecule has 1 N–H and O–H groups in total. The summed E-state index contributed by atoms with van der Waals surface area (Å²) in [4.78, 5) is 11.7. The molecule has 162 valence electrons. The van der Waals surface area contributed by atoms with Crippen molar-refractivity contribution in [3.63, 3.8) is 0 Å². The molecule has 0 atom stereocenters. The van der Waals surface area contributed by atoms with Gasteiger partial charge in [0.2, 0.25) is 0 Å². The third kappa shape index (κ3) is 8.93. The lowest BCUT2D eigenvalue weighted by molar-refractivity contribution is -0.144. The van der Waals surface area contributed by atoms with Gasteiger partial charge in [0.25, 0.3) is 0 Å². The van der Waals surface area contributed by atoms with Crippen LogP contribution in [0.15, 0.2) is 84.9 Å². The molecule has 0 fully saturated rings. The topological polar surface area (TPSA) is 56.8 Å². The summed E-state index contributed by atoms with van der Waals surface area (Å²) in [5, 5.41) is 3.27. The van der Waals surface area contributed by atoms with Crippen molar-refractivity contribution in [2.45, 2.75) is 25.9 Å². The van der Waals surface area contributed by atoms with E-state index in [2.05, 4.69) is 5.32 Å². The molecule has 0 unspecified atom stereocenters. The van der Waals surface area contributed by atoms with Gasteiger partial charge in [-0.3, -0.25) is 4.79 Å². The molecule has 3 aromatic rings. The van der Waals surface area contributed by atoms with Crippen LogP contribution >= 0.6 is 0 Å². The molecule has 0 aliphatic carbocycles. The van der Waals surface area contributed by atoms with Crippen molar-refractivity contribution in [3.05, 3.63) is 90.5 Å². The number of ether oxygens (including phenoxy) is 3. The average Bonchev–Trinajstić information content (AvgIpc) is 2.82. The molecule has 0 saturated heterocycles. The van der Waals surface area contributed by atoms with Crippen molar-refractivity contribution in [1.82, 2.24) is 5.32 Å². The number of rotatable bonds is 13. The van der Waals surface area contributed by atoms with Crippen molar-refractivity contribution in [2.75, 3.05) is 19.7 Å². The van der Waals surface area contributed by atoms with Crippen LogP contribution in [0.2, 0.25) is 0 Å². The van der Waals surface area contributed by atoms with Gasteiger partial charge >= 0.3 is 5.97 Å². The predicted octanol–water partition coefficient (Wildman–Crippen LogP) is 5.36. The fraction of sp³-hybridized carbons (Fsp3) is 0.269. The van der Waals surface area contributed by atoms with E-state index in [-0.39, 0.29) is 5.97 Å². The van der Waals surface area contributed by atoms with E-state index >= 15 is 0 Å². The maximum Gasteiger partial charge on any atom is 0.307 e. The molecule has 0 aliphatic rings. The second-order valence-electron chi connectivity index (χ2n) is 7.09. The van der Waals surface area contributed by atoms with Gasteiger partial charge in [-0.2, -0.15) is 0 Å². The summed E-state index contributed by atoms with van der Waals surface area (Å²) in [6, 6.07) is 27.0. The van der Waals surface area contributed by atoms with Gasteiger partial charge in [-0.05, 0) is 61.3 Å². The highest BCUT2D eigenvalue weighted by molar-refractivity contribution is 5.69. The van der Waals surface area contributed by atoms with Crippen LogP contribution in [0.5, 0.6) is 17.2 Å². The van der Waals surface area contributed by atoms with E-state index in [1.165, 1.54) is 0 Å². The highest BCUT2D eigenvalue weighted by atomic mass is 16.5. The van der Waals surface area contributed by atoms with Crippen LogP contribution in [0, 0.1) is 0 Å². The first-order valence-corrected chi connectivity index (χ1v) is 10.7. The van der Waals surface area contributed by atoms with E-state index in [4.69, 9.17) is 14.2 Å². The smallest absolute Gasteiger partial charge is 0.307 e. The highest BCUT2D eigenvalue weighted by Gasteiger charge is 2.03. The summed E-state index contributed by atoms with van der Waals surface area (Å²) in [6.45, 7) is 2.45. The van der Waals surface area contributed by atoms with E-state index in [1.807, 2.05) is 84.9 Å². The molecule has 31 heavy (non-hydrogen) atoms. The first-order chi connectivity index (χ1) is 15.3. The number of nitrogens with one attached hydrogen (secondary N) is 1. The van der Waals surface area contributed by atoms with Crippen LogP contribution in [0.4, 0.5) is 0 Å². The lowest BCUT2D eigenvalue weighted by atomic mass is 10.2. The fourth-order valence-electron chi connectivity index (χ4n) is 2.90. The van der Waals surface area contributed by atoms with Crippen LogP contribution in [0.3, 0.4) is 0 Å². The zero-order valence-corrected chi connectivity index (χ0v) is 17.7. The Morgan fingerprint density at radius 2 is 1.35 bits per heavy atom. The van der Waals surface area contributed by atoms with Crippen molar-refractivity contribution >= 4 is 5.97 Å². The number of esters is 1. The third-order valence-electron chi connectivity index (χ3n) is 4.57. The largest absolute Gasteiger partial charge is 0.494 e. The zero-order chi connectivity index (χ0) is 21.6. The highest BCUT2D eigenvalue weighted by Crippen LogP contribution is 2.23. The van der Waals surface area contributed by atoms with Gasteiger partial charge in [-0.15, -0.1) is 0 Å². The summed E-state index contributed by atoms with van der Waals surface area (Å²) in [7, 11) is 0. The average molecular weight is 420 g/mol. The Balaban J connectivity index is 1.19. The molecule has 0 amide bonds. The van der Waals surface area contributed by atoms with E-state index < -0.39 is 0 Å². The van der Waals surface area contributed by atoms with Gasteiger partial charge in [-0.1, -0.05) is 48.5 Å². The van der Waals surface area contributed by atoms with Crippen molar-refractivity contribution < 1.29 is 19.0 Å². The minimum atomic E-state index is -0.181. The number of carbonyl (C=O) groups excluding carboxylic acids is 1. The normalized spacial score (nSPS) is 10.5. The predicted molar refractivity (Wildman–Crippen MR) is 121 cm³/mol. The summed E-state index contributed by atoms with van der Waals surface area (Å²) in [5.74, 6) is 2.24. The Morgan fingerprint density at radius 3 is 2.10 bits per heavy atom. The second kappa shape index (κ2) is 13.1. The maximum atomic E-state index is 11.7. The summed E-state index contributed by atoms with van der Waals surface area (Å²) in [5.41, 5.74) is 1.00. The molecule has 0 saturated carbocycles. The van der Waals surface area contributed by atoms with Gasteiger partial charge in [0, 0.05) is 6.54 Å². The fourth-order valence-corrected chi connectivity index (χ4v) is 2.90. The van der Waals surface area contributed by atoms with E-state index in [9.17, 15) is 4.79 Å². The Bertz CT molecular complexity index is 882. The lowest BCUT2D eigenvalue weighted by Crippen LogP contribution is -2.20. The van der Waals surface area contributed by atoms with E-state index in [1.54, 1.807) is 0 Å². The zero-order valence-electron chi connectivity index (χ0n) is 17.7. The molecule has 5 nitrogen and oxygen atoms in total. The van der Waals surface area contributed by atoms with Gasteiger partial charge in [0.05, 0.1) is 13.0 Å². The van der Waals surface area contributed by atoms with Crippen LogP contribution in [0.25, 0.3) is 0 Å². The first kappa shape index (κ1) is 22.4. The Labute approximate surface area is 184 Å². The Kier molecular flexibility index (Phi) is 9.45. The van der Waals surface area contributed by atoms with Crippen molar-refractivity contribution in [3.8, 4) is 17.2 Å². The summed E-state index contributed by atoms with van der Waals surface area (Å²) >= 11 is 0. The van der Waals surface area contributed by atoms with Gasteiger partial charge in [0.15, 0.2) is 0 Å². The monoisotopic (exact) mass is 419 g/mol. The third-order valence-corrected chi connectivity index (χ3v) is 4.57. The van der Waals surface area contributed by atoms with Crippen LogP contribution in [-0.4, -0.2) is 25.7 Å². The maximum absolute atomic E-state index is 11.7. The molecule has 3 aromatic carbocycles. The quantitative estimate of drug-likeness (QED) is 0.298. The molecule has 0 bridgehead atoms.